The first-order valence-corrected chi connectivity index (χ1v) is 4.07. The molecule has 1 aromatic carbocycles. The third kappa shape index (κ3) is 2.56. The SMILES string of the molecule is [CH2]c1cccc(N(C=O)OCC)c1. The van der Waals surface area contributed by atoms with Crippen LogP contribution in [0, 0.1) is 6.92 Å². The number of hydrogen-bond acceptors (Lipinski definition) is 2. The zero-order valence-electron chi connectivity index (χ0n) is 7.56. The fourth-order valence-corrected chi connectivity index (χ4v) is 0.998. The lowest BCUT2D eigenvalue weighted by Gasteiger charge is -2.15. The maximum Gasteiger partial charge on any atom is 0.238 e. The fourth-order valence-electron chi connectivity index (χ4n) is 0.998. The van der Waals surface area contributed by atoms with E-state index in [0.717, 1.165) is 5.56 Å². The molecule has 1 aromatic rings. The Balaban J connectivity index is 2.84. The Kier molecular flexibility index (Phi) is 3.46. The second-order valence-corrected chi connectivity index (χ2v) is 2.52. The topological polar surface area (TPSA) is 29.5 Å². The quantitative estimate of drug-likeness (QED) is 0.519. The van der Waals surface area contributed by atoms with Crippen LogP contribution in [0.25, 0.3) is 0 Å². The van der Waals surface area contributed by atoms with Crippen molar-refractivity contribution >= 4 is 12.1 Å². The maximum absolute atomic E-state index is 10.6. The molecule has 3 heteroatoms. The first kappa shape index (κ1) is 9.74. The van der Waals surface area contributed by atoms with Crippen LogP contribution in [-0.2, 0) is 9.63 Å². The van der Waals surface area contributed by atoms with Gasteiger partial charge in [-0.05, 0) is 31.5 Å². The lowest BCUT2D eigenvalue weighted by Crippen LogP contribution is -2.21. The Morgan fingerprint density at radius 1 is 1.62 bits per heavy atom. The molecule has 0 unspecified atom stereocenters. The van der Waals surface area contributed by atoms with Crippen molar-refractivity contribution in [2.24, 2.45) is 0 Å². The Morgan fingerprint density at radius 3 is 2.92 bits per heavy atom. The van der Waals surface area contributed by atoms with Crippen molar-refractivity contribution in [3.05, 3.63) is 36.8 Å². The van der Waals surface area contributed by atoms with Crippen LogP contribution in [0.1, 0.15) is 12.5 Å². The maximum atomic E-state index is 10.6. The standard InChI is InChI=1S/C10H12NO2/c1-3-13-11(8-12)10-6-4-5-9(2)7-10/h4-8H,2-3H2,1H3. The van der Waals surface area contributed by atoms with Gasteiger partial charge in [0.15, 0.2) is 0 Å². The van der Waals surface area contributed by atoms with Crippen molar-refractivity contribution in [2.45, 2.75) is 6.92 Å². The second kappa shape index (κ2) is 4.62. The predicted molar refractivity (Wildman–Crippen MR) is 51.1 cm³/mol. The predicted octanol–water partition coefficient (Wildman–Crippen LogP) is 1.78. The summed E-state index contributed by atoms with van der Waals surface area (Å²) in [5.74, 6) is 0. The van der Waals surface area contributed by atoms with Gasteiger partial charge in [0.25, 0.3) is 0 Å². The first-order chi connectivity index (χ1) is 6.27. The molecule has 3 nitrogen and oxygen atoms in total. The highest BCUT2D eigenvalue weighted by molar-refractivity contribution is 5.72. The van der Waals surface area contributed by atoms with E-state index >= 15 is 0 Å². The molecular weight excluding hydrogens is 166 g/mol. The smallest absolute Gasteiger partial charge is 0.238 e. The number of benzene rings is 1. The molecule has 0 fully saturated rings. The minimum absolute atomic E-state index is 0.458. The van der Waals surface area contributed by atoms with E-state index in [0.29, 0.717) is 18.7 Å². The van der Waals surface area contributed by atoms with Gasteiger partial charge >= 0.3 is 0 Å². The van der Waals surface area contributed by atoms with Crippen LogP contribution in [0.15, 0.2) is 24.3 Å². The molecule has 0 atom stereocenters. The van der Waals surface area contributed by atoms with Gasteiger partial charge in [0.05, 0.1) is 12.3 Å². The zero-order valence-corrected chi connectivity index (χ0v) is 7.56. The minimum atomic E-state index is 0.458. The van der Waals surface area contributed by atoms with Gasteiger partial charge in [-0.2, -0.15) is 5.06 Å². The summed E-state index contributed by atoms with van der Waals surface area (Å²) >= 11 is 0. The molecule has 0 aliphatic rings. The number of hydroxylamine groups is 1. The van der Waals surface area contributed by atoms with Crippen molar-refractivity contribution in [1.82, 2.24) is 0 Å². The van der Waals surface area contributed by atoms with Crippen LogP contribution in [-0.4, -0.2) is 13.0 Å². The molecular formula is C10H12NO2. The number of hydrogen-bond donors (Lipinski definition) is 0. The number of amides is 1. The number of anilines is 1. The molecule has 1 amide bonds. The molecule has 0 spiro atoms. The Morgan fingerprint density at radius 2 is 2.38 bits per heavy atom. The van der Waals surface area contributed by atoms with E-state index in [1.54, 1.807) is 12.1 Å². The average molecular weight is 178 g/mol. The van der Waals surface area contributed by atoms with Gasteiger partial charge in [0.1, 0.15) is 0 Å². The van der Waals surface area contributed by atoms with Crippen molar-refractivity contribution in [1.29, 1.82) is 0 Å². The van der Waals surface area contributed by atoms with Crippen molar-refractivity contribution in [3.8, 4) is 0 Å². The Bertz CT molecular complexity index is 286. The van der Waals surface area contributed by atoms with Gasteiger partial charge in [0, 0.05) is 0 Å². The fraction of sp³-hybridized carbons (Fsp3) is 0.200. The highest BCUT2D eigenvalue weighted by atomic mass is 16.7. The van der Waals surface area contributed by atoms with Gasteiger partial charge in [-0.15, -0.1) is 0 Å². The molecule has 0 saturated carbocycles. The van der Waals surface area contributed by atoms with E-state index in [2.05, 4.69) is 6.92 Å². The van der Waals surface area contributed by atoms with Crippen LogP contribution in [0.4, 0.5) is 5.69 Å². The summed E-state index contributed by atoms with van der Waals surface area (Å²) in [7, 11) is 0. The summed E-state index contributed by atoms with van der Waals surface area (Å²) in [6, 6.07) is 7.26. The van der Waals surface area contributed by atoms with Gasteiger partial charge in [-0.25, -0.2) is 0 Å². The number of nitrogens with zero attached hydrogens (tertiary/aromatic N) is 1. The molecule has 1 rings (SSSR count). The largest absolute Gasteiger partial charge is 0.276 e. The summed E-state index contributed by atoms with van der Waals surface area (Å²) in [6.45, 7) is 6.04. The van der Waals surface area contributed by atoms with Crippen molar-refractivity contribution in [3.63, 3.8) is 0 Å². The summed E-state index contributed by atoms with van der Waals surface area (Å²) in [4.78, 5) is 15.7. The van der Waals surface area contributed by atoms with Gasteiger partial charge in [0.2, 0.25) is 6.41 Å². The number of carbonyl (C=O) groups is 1. The van der Waals surface area contributed by atoms with Crippen molar-refractivity contribution in [2.75, 3.05) is 11.7 Å². The third-order valence-electron chi connectivity index (χ3n) is 1.53. The molecule has 1 radical (unpaired) electrons. The third-order valence-corrected chi connectivity index (χ3v) is 1.53. The van der Waals surface area contributed by atoms with Crippen LogP contribution < -0.4 is 5.06 Å². The van der Waals surface area contributed by atoms with Crippen LogP contribution in [0.2, 0.25) is 0 Å². The van der Waals surface area contributed by atoms with Crippen LogP contribution in [0.5, 0.6) is 0 Å². The van der Waals surface area contributed by atoms with Gasteiger partial charge < -0.3 is 0 Å². The van der Waals surface area contributed by atoms with Crippen molar-refractivity contribution < 1.29 is 9.63 Å². The lowest BCUT2D eigenvalue weighted by atomic mass is 10.2. The van der Waals surface area contributed by atoms with E-state index in [9.17, 15) is 4.79 Å². The van der Waals surface area contributed by atoms with Crippen LogP contribution in [0.3, 0.4) is 0 Å². The lowest BCUT2D eigenvalue weighted by molar-refractivity contribution is -0.113. The summed E-state index contributed by atoms with van der Waals surface area (Å²) < 4.78 is 0. The Hall–Kier alpha value is -1.35. The Labute approximate surface area is 77.9 Å². The zero-order chi connectivity index (χ0) is 9.68. The van der Waals surface area contributed by atoms with E-state index in [-0.39, 0.29) is 0 Å². The monoisotopic (exact) mass is 178 g/mol. The van der Waals surface area contributed by atoms with E-state index in [1.807, 2.05) is 19.1 Å². The second-order valence-electron chi connectivity index (χ2n) is 2.52. The molecule has 0 aromatic heterocycles. The summed E-state index contributed by atoms with van der Waals surface area (Å²) in [5, 5.41) is 1.19. The summed E-state index contributed by atoms with van der Waals surface area (Å²) in [6.07, 6.45) is 0.637. The minimum Gasteiger partial charge on any atom is -0.276 e. The van der Waals surface area contributed by atoms with E-state index in [1.165, 1.54) is 5.06 Å². The van der Waals surface area contributed by atoms with E-state index < -0.39 is 0 Å². The molecule has 0 bridgehead atoms. The van der Waals surface area contributed by atoms with E-state index in [4.69, 9.17) is 4.84 Å². The number of rotatable bonds is 4. The normalized spacial score (nSPS) is 9.69. The average Bonchev–Trinajstić information content (AvgIpc) is 2.14. The molecule has 13 heavy (non-hydrogen) atoms. The molecule has 0 aliphatic carbocycles. The molecule has 0 heterocycles. The molecule has 0 N–H and O–H groups in total. The molecule has 0 saturated heterocycles. The highest BCUT2D eigenvalue weighted by Gasteiger charge is 2.03. The highest BCUT2D eigenvalue weighted by Crippen LogP contribution is 2.14. The van der Waals surface area contributed by atoms with Crippen LogP contribution >= 0.6 is 0 Å². The number of carbonyl (C=O) groups excluding carboxylic acids is 1. The first-order valence-electron chi connectivity index (χ1n) is 4.07. The summed E-state index contributed by atoms with van der Waals surface area (Å²) in [5.41, 5.74) is 1.55. The molecule has 69 valence electrons. The van der Waals surface area contributed by atoms with Gasteiger partial charge in [-0.1, -0.05) is 12.1 Å². The molecule has 0 aliphatic heterocycles. The van der Waals surface area contributed by atoms with Gasteiger partial charge in [-0.3, -0.25) is 9.63 Å².